The normalized spacial score (nSPS) is 15.4. The summed E-state index contributed by atoms with van der Waals surface area (Å²) in [5, 5.41) is 17.8. The van der Waals surface area contributed by atoms with Crippen molar-refractivity contribution in [2.24, 2.45) is 5.73 Å². The lowest BCUT2D eigenvalue weighted by molar-refractivity contribution is 0.304. The van der Waals surface area contributed by atoms with Crippen LogP contribution >= 0.6 is 39.1 Å². The van der Waals surface area contributed by atoms with E-state index in [1.54, 1.807) is 12.1 Å². The second-order valence-corrected chi connectivity index (χ2v) is 8.40. The molecule has 2 heterocycles. The Morgan fingerprint density at radius 3 is 2.80 bits per heavy atom. The summed E-state index contributed by atoms with van der Waals surface area (Å²) in [5.74, 6) is 0.670. The van der Waals surface area contributed by atoms with Crippen molar-refractivity contribution in [2.45, 2.75) is 19.4 Å². The number of hydrogen-bond donors (Lipinski definition) is 2. The summed E-state index contributed by atoms with van der Waals surface area (Å²) in [7, 11) is 0. The second kappa shape index (κ2) is 8.23. The Balaban J connectivity index is 1.64. The number of rotatable bonds is 4. The zero-order valence-electron chi connectivity index (χ0n) is 15.7. The maximum atomic E-state index is 9.67. The van der Waals surface area contributed by atoms with Gasteiger partial charge in [0, 0.05) is 26.9 Å². The maximum absolute atomic E-state index is 9.67. The summed E-state index contributed by atoms with van der Waals surface area (Å²) in [6.45, 7) is 2.16. The third kappa shape index (κ3) is 3.74. The Kier molecular flexibility index (Phi) is 5.65. The molecule has 1 aromatic heterocycles. The minimum atomic E-state index is -0.395. The van der Waals surface area contributed by atoms with Crippen LogP contribution in [0.5, 0.6) is 11.6 Å². The number of aromatic amines is 1. The number of allylic oxidation sites excluding steroid dienone is 1. The van der Waals surface area contributed by atoms with Gasteiger partial charge < -0.3 is 15.2 Å². The summed E-state index contributed by atoms with van der Waals surface area (Å²) in [5.41, 5.74) is 9.57. The van der Waals surface area contributed by atoms with Crippen molar-refractivity contribution in [1.82, 2.24) is 10.2 Å². The zero-order chi connectivity index (χ0) is 21.4. The van der Waals surface area contributed by atoms with E-state index in [9.17, 15) is 5.26 Å². The van der Waals surface area contributed by atoms with Gasteiger partial charge in [0.1, 0.15) is 24.0 Å². The van der Waals surface area contributed by atoms with Crippen LogP contribution in [0.15, 0.2) is 52.3 Å². The number of ether oxygens (including phenoxy) is 2. The van der Waals surface area contributed by atoms with Crippen molar-refractivity contribution in [2.75, 3.05) is 0 Å². The standard InChI is InChI=1S/C21H15BrCl2N4O2/c1-10-18-19(14(8-25)20(26)30-21(18)28-27-10)11-3-5-17(15(22)6-11)29-9-12-2-4-13(23)7-16(12)24/h2-7,19H,9,26H2,1H3,(H,27,28)/t19-/m0/s1. The molecule has 1 aliphatic heterocycles. The van der Waals surface area contributed by atoms with Gasteiger partial charge in [-0.25, -0.2) is 0 Å². The summed E-state index contributed by atoms with van der Waals surface area (Å²) < 4.78 is 12.2. The average molecular weight is 506 g/mol. The van der Waals surface area contributed by atoms with Crippen LogP contribution in [-0.2, 0) is 6.61 Å². The highest BCUT2D eigenvalue weighted by Crippen LogP contribution is 2.44. The van der Waals surface area contributed by atoms with E-state index in [4.69, 9.17) is 38.4 Å². The smallest absolute Gasteiger partial charge is 0.244 e. The molecule has 152 valence electrons. The maximum Gasteiger partial charge on any atom is 0.244 e. The molecule has 0 amide bonds. The van der Waals surface area contributed by atoms with Gasteiger partial charge in [-0.3, -0.25) is 5.10 Å². The average Bonchev–Trinajstić information content (AvgIpc) is 3.07. The van der Waals surface area contributed by atoms with Crippen LogP contribution in [0.2, 0.25) is 10.0 Å². The van der Waals surface area contributed by atoms with Gasteiger partial charge in [0.15, 0.2) is 0 Å². The molecular formula is C21H15BrCl2N4O2. The molecular weight excluding hydrogens is 491 g/mol. The molecule has 30 heavy (non-hydrogen) atoms. The molecule has 2 aromatic carbocycles. The minimum Gasteiger partial charge on any atom is -0.488 e. The molecule has 1 atom stereocenters. The number of halogens is 3. The van der Waals surface area contributed by atoms with Gasteiger partial charge in [-0.05, 0) is 52.7 Å². The number of fused-ring (bicyclic) bond motifs is 1. The fourth-order valence-corrected chi connectivity index (χ4v) is 4.31. The molecule has 9 heteroatoms. The first-order valence-electron chi connectivity index (χ1n) is 8.87. The molecule has 0 spiro atoms. The lowest BCUT2D eigenvalue weighted by atomic mass is 9.84. The van der Waals surface area contributed by atoms with Crippen LogP contribution in [0.4, 0.5) is 0 Å². The molecule has 3 aromatic rings. The first-order valence-corrected chi connectivity index (χ1v) is 10.4. The van der Waals surface area contributed by atoms with Crippen LogP contribution in [0.25, 0.3) is 0 Å². The van der Waals surface area contributed by atoms with Gasteiger partial charge in [-0.1, -0.05) is 35.3 Å². The summed E-state index contributed by atoms with van der Waals surface area (Å²) in [6, 6.07) is 13.1. The zero-order valence-corrected chi connectivity index (χ0v) is 18.8. The molecule has 0 fully saturated rings. The number of aryl methyl sites for hydroxylation is 1. The number of nitriles is 1. The van der Waals surface area contributed by atoms with E-state index in [1.165, 1.54) is 0 Å². The Morgan fingerprint density at radius 1 is 1.30 bits per heavy atom. The van der Waals surface area contributed by atoms with Crippen LogP contribution in [0.3, 0.4) is 0 Å². The molecule has 4 rings (SSSR count). The molecule has 0 radical (unpaired) electrons. The van der Waals surface area contributed by atoms with Crippen LogP contribution in [-0.4, -0.2) is 10.2 Å². The third-order valence-corrected chi connectivity index (χ3v) is 6.02. The summed E-state index contributed by atoms with van der Waals surface area (Å²) in [6.07, 6.45) is 0. The van der Waals surface area contributed by atoms with E-state index in [2.05, 4.69) is 32.2 Å². The molecule has 0 saturated carbocycles. The van der Waals surface area contributed by atoms with Gasteiger partial charge in [0.05, 0.1) is 10.4 Å². The van der Waals surface area contributed by atoms with Gasteiger partial charge in [-0.15, -0.1) is 5.10 Å². The van der Waals surface area contributed by atoms with Crippen molar-refractivity contribution in [3.05, 3.63) is 84.8 Å². The third-order valence-electron chi connectivity index (χ3n) is 4.82. The Hall–Kier alpha value is -2.66. The molecule has 0 bridgehead atoms. The first-order chi connectivity index (χ1) is 14.4. The molecule has 0 unspecified atom stereocenters. The number of H-pyrrole nitrogens is 1. The summed E-state index contributed by atoms with van der Waals surface area (Å²) in [4.78, 5) is 0. The highest BCUT2D eigenvalue weighted by molar-refractivity contribution is 9.10. The van der Waals surface area contributed by atoms with Crippen molar-refractivity contribution < 1.29 is 9.47 Å². The molecule has 0 saturated heterocycles. The van der Waals surface area contributed by atoms with Crippen LogP contribution in [0.1, 0.15) is 28.3 Å². The van der Waals surface area contributed by atoms with Crippen molar-refractivity contribution >= 4 is 39.1 Å². The van der Waals surface area contributed by atoms with E-state index in [0.29, 0.717) is 27.2 Å². The van der Waals surface area contributed by atoms with Crippen molar-refractivity contribution in [3.8, 4) is 17.7 Å². The van der Waals surface area contributed by atoms with E-state index in [-0.39, 0.29) is 12.5 Å². The topological polar surface area (TPSA) is 97.0 Å². The number of benzene rings is 2. The second-order valence-electron chi connectivity index (χ2n) is 6.71. The minimum absolute atomic E-state index is 0.0512. The SMILES string of the molecule is Cc1[nH]nc2c1[C@@H](c1ccc(OCc3ccc(Cl)cc3Cl)c(Br)c1)C(C#N)=C(N)O2. The summed E-state index contributed by atoms with van der Waals surface area (Å²) >= 11 is 15.7. The Morgan fingerprint density at radius 2 is 2.10 bits per heavy atom. The number of hydrogen-bond acceptors (Lipinski definition) is 5. The molecule has 1 aliphatic rings. The van der Waals surface area contributed by atoms with Crippen molar-refractivity contribution in [1.29, 1.82) is 5.26 Å². The number of nitrogens with zero attached hydrogens (tertiary/aromatic N) is 2. The lowest BCUT2D eigenvalue weighted by Gasteiger charge is -2.24. The lowest BCUT2D eigenvalue weighted by Crippen LogP contribution is -2.21. The van der Waals surface area contributed by atoms with Gasteiger partial charge in [0.25, 0.3) is 0 Å². The quantitative estimate of drug-likeness (QED) is 0.482. The van der Waals surface area contributed by atoms with Crippen molar-refractivity contribution in [3.63, 3.8) is 0 Å². The molecule has 3 N–H and O–H groups in total. The van der Waals surface area contributed by atoms with E-state index < -0.39 is 5.92 Å². The molecule has 0 aliphatic carbocycles. The largest absolute Gasteiger partial charge is 0.488 e. The highest BCUT2D eigenvalue weighted by Gasteiger charge is 2.34. The fourth-order valence-electron chi connectivity index (χ4n) is 3.34. The predicted molar refractivity (Wildman–Crippen MR) is 118 cm³/mol. The van der Waals surface area contributed by atoms with Crippen LogP contribution < -0.4 is 15.2 Å². The highest BCUT2D eigenvalue weighted by atomic mass is 79.9. The van der Waals surface area contributed by atoms with Gasteiger partial charge >= 0.3 is 0 Å². The molecule has 6 nitrogen and oxygen atoms in total. The number of nitrogens with two attached hydrogens (primary N) is 1. The van der Waals surface area contributed by atoms with E-state index in [0.717, 1.165) is 26.9 Å². The van der Waals surface area contributed by atoms with Crippen LogP contribution in [0, 0.1) is 18.3 Å². The van der Waals surface area contributed by atoms with Gasteiger partial charge in [-0.2, -0.15) is 5.26 Å². The Bertz CT molecular complexity index is 1220. The number of nitrogens with one attached hydrogen (secondary N) is 1. The predicted octanol–water partition coefficient (Wildman–Crippen LogP) is 5.58. The number of aromatic nitrogens is 2. The first kappa shape index (κ1) is 20.6. The van der Waals surface area contributed by atoms with E-state index >= 15 is 0 Å². The van der Waals surface area contributed by atoms with E-state index in [1.807, 2.05) is 31.2 Å². The fraction of sp³-hybridized carbons (Fsp3) is 0.143. The monoisotopic (exact) mass is 504 g/mol. The Labute approximate surface area is 191 Å². The van der Waals surface area contributed by atoms with Gasteiger partial charge in [0.2, 0.25) is 11.8 Å².